The third-order valence-electron chi connectivity index (χ3n) is 2.39. The molecule has 84 valence electrons. The molecule has 0 unspecified atom stereocenters. The largest absolute Gasteiger partial charge is 0.394 e. The van der Waals surface area contributed by atoms with Crippen molar-refractivity contribution in [2.24, 2.45) is 0 Å². The number of hydrogen-bond donors (Lipinski definition) is 2. The Hall–Kier alpha value is -1.96. The molecule has 0 fully saturated rings. The van der Waals surface area contributed by atoms with E-state index < -0.39 is 0 Å². The van der Waals surface area contributed by atoms with Gasteiger partial charge in [-0.3, -0.25) is 0 Å². The van der Waals surface area contributed by atoms with Gasteiger partial charge in [-0.25, -0.2) is 0 Å². The maximum Gasteiger partial charge on any atom is 0.0461 e. The Labute approximate surface area is 97.1 Å². The van der Waals surface area contributed by atoms with Gasteiger partial charge in [0.15, 0.2) is 0 Å². The van der Waals surface area contributed by atoms with Crippen molar-refractivity contribution in [3.63, 3.8) is 0 Å². The average molecular weight is 214 g/mol. The number of aromatic nitrogens is 1. The molecule has 0 bridgehead atoms. The molecule has 0 aliphatic heterocycles. The standard InChI is InChI=1S/C14H18N2/c1-5-7-8-14-12(6-2)11(3)13(16-14)9-10-15-4/h5-10,15-16H,1-2H2,3-4H3/b8-7-,10-9-. The van der Waals surface area contributed by atoms with E-state index in [1.54, 1.807) is 6.08 Å². The Morgan fingerprint density at radius 1 is 1.19 bits per heavy atom. The van der Waals surface area contributed by atoms with Gasteiger partial charge < -0.3 is 10.3 Å². The highest BCUT2D eigenvalue weighted by molar-refractivity contribution is 5.70. The molecule has 1 heterocycles. The van der Waals surface area contributed by atoms with Gasteiger partial charge in [0.05, 0.1) is 0 Å². The Morgan fingerprint density at radius 3 is 2.50 bits per heavy atom. The highest BCUT2D eigenvalue weighted by atomic mass is 14.8. The summed E-state index contributed by atoms with van der Waals surface area (Å²) in [6, 6.07) is 0. The lowest BCUT2D eigenvalue weighted by atomic mass is 10.1. The minimum atomic E-state index is 1.06. The summed E-state index contributed by atoms with van der Waals surface area (Å²) in [4.78, 5) is 3.34. The lowest BCUT2D eigenvalue weighted by molar-refractivity contribution is 1.11. The summed E-state index contributed by atoms with van der Waals surface area (Å²) in [5, 5.41) is 2.97. The summed E-state index contributed by atoms with van der Waals surface area (Å²) >= 11 is 0. The number of allylic oxidation sites excluding steroid dienone is 2. The van der Waals surface area contributed by atoms with Crippen LogP contribution in [0.3, 0.4) is 0 Å². The van der Waals surface area contributed by atoms with Crippen LogP contribution in [-0.2, 0) is 0 Å². The maximum atomic E-state index is 3.83. The lowest BCUT2D eigenvalue weighted by Gasteiger charge is -1.93. The highest BCUT2D eigenvalue weighted by Gasteiger charge is 2.07. The van der Waals surface area contributed by atoms with E-state index in [-0.39, 0.29) is 0 Å². The van der Waals surface area contributed by atoms with Crippen LogP contribution in [0.1, 0.15) is 22.5 Å². The molecule has 1 aromatic heterocycles. The molecule has 0 atom stereocenters. The van der Waals surface area contributed by atoms with Gasteiger partial charge in [-0.2, -0.15) is 0 Å². The highest BCUT2D eigenvalue weighted by Crippen LogP contribution is 2.21. The third kappa shape index (κ3) is 2.54. The van der Waals surface area contributed by atoms with Crippen molar-refractivity contribution in [3.05, 3.63) is 54.0 Å². The zero-order valence-corrected chi connectivity index (χ0v) is 9.88. The second-order valence-electron chi connectivity index (χ2n) is 3.41. The van der Waals surface area contributed by atoms with Gasteiger partial charge in [0.1, 0.15) is 0 Å². The predicted octanol–water partition coefficient (Wildman–Crippen LogP) is 3.36. The summed E-state index contributed by atoms with van der Waals surface area (Å²) in [5.74, 6) is 0. The molecule has 0 spiro atoms. The first kappa shape index (κ1) is 12.1. The molecule has 16 heavy (non-hydrogen) atoms. The normalized spacial score (nSPS) is 11.1. The van der Waals surface area contributed by atoms with Gasteiger partial charge in [0.25, 0.3) is 0 Å². The van der Waals surface area contributed by atoms with E-state index in [1.165, 1.54) is 5.56 Å². The summed E-state index contributed by atoms with van der Waals surface area (Å²) in [6.45, 7) is 9.57. The van der Waals surface area contributed by atoms with Crippen LogP contribution in [0.4, 0.5) is 0 Å². The van der Waals surface area contributed by atoms with Crippen molar-refractivity contribution in [2.45, 2.75) is 6.92 Å². The van der Waals surface area contributed by atoms with Crippen LogP contribution >= 0.6 is 0 Å². The Kier molecular flexibility index (Phi) is 4.40. The second kappa shape index (κ2) is 5.81. The first-order chi connectivity index (χ1) is 7.74. The average Bonchev–Trinajstić information content (AvgIpc) is 2.60. The monoisotopic (exact) mass is 214 g/mol. The molecule has 0 saturated carbocycles. The van der Waals surface area contributed by atoms with Gasteiger partial charge in [-0.05, 0) is 30.8 Å². The minimum absolute atomic E-state index is 1.06. The van der Waals surface area contributed by atoms with Gasteiger partial charge in [0.2, 0.25) is 0 Å². The van der Waals surface area contributed by atoms with Gasteiger partial charge >= 0.3 is 0 Å². The molecular weight excluding hydrogens is 196 g/mol. The Morgan fingerprint density at radius 2 is 1.94 bits per heavy atom. The number of aromatic amines is 1. The first-order valence-corrected chi connectivity index (χ1v) is 5.22. The van der Waals surface area contributed by atoms with E-state index in [2.05, 4.69) is 30.4 Å². The van der Waals surface area contributed by atoms with Crippen molar-refractivity contribution < 1.29 is 0 Å². The van der Waals surface area contributed by atoms with Crippen LogP contribution in [0.15, 0.2) is 31.5 Å². The fraction of sp³-hybridized carbons (Fsp3) is 0.143. The zero-order valence-electron chi connectivity index (χ0n) is 9.88. The van der Waals surface area contributed by atoms with E-state index in [9.17, 15) is 0 Å². The van der Waals surface area contributed by atoms with Crippen LogP contribution in [-0.4, -0.2) is 12.0 Å². The van der Waals surface area contributed by atoms with Gasteiger partial charge in [-0.1, -0.05) is 31.4 Å². The van der Waals surface area contributed by atoms with Gasteiger partial charge in [-0.15, -0.1) is 0 Å². The molecule has 1 aromatic rings. The van der Waals surface area contributed by atoms with Crippen LogP contribution in [0.2, 0.25) is 0 Å². The minimum Gasteiger partial charge on any atom is -0.394 e. The molecule has 0 amide bonds. The van der Waals surface area contributed by atoms with Crippen molar-refractivity contribution in [1.29, 1.82) is 0 Å². The second-order valence-corrected chi connectivity index (χ2v) is 3.41. The molecule has 0 aliphatic rings. The van der Waals surface area contributed by atoms with Crippen molar-refractivity contribution >= 4 is 18.2 Å². The summed E-state index contributed by atoms with van der Waals surface area (Å²) in [5.41, 5.74) is 4.48. The van der Waals surface area contributed by atoms with Crippen molar-refractivity contribution in [2.75, 3.05) is 7.05 Å². The molecule has 2 heteroatoms. The quantitative estimate of drug-likeness (QED) is 0.723. The first-order valence-electron chi connectivity index (χ1n) is 5.22. The lowest BCUT2D eigenvalue weighted by Crippen LogP contribution is -1.91. The maximum absolute atomic E-state index is 3.83. The van der Waals surface area contributed by atoms with Gasteiger partial charge in [0, 0.05) is 24.0 Å². The smallest absolute Gasteiger partial charge is 0.0461 e. The van der Waals surface area contributed by atoms with E-state index >= 15 is 0 Å². The molecule has 2 N–H and O–H groups in total. The van der Waals surface area contributed by atoms with Crippen molar-refractivity contribution in [1.82, 2.24) is 10.3 Å². The molecule has 1 rings (SSSR count). The molecule has 0 radical (unpaired) electrons. The van der Waals surface area contributed by atoms with Crippen molar-refractivity contribution in [3.8, 4) is 0 Å². The number of rotatable bonds is 5. The predicted molar refractivity (Wildman–Crippen MR) is 72.9 cm³/mol. The molecule has 0 aromatic carbocycles. The summed E-state index contributed by atoms with van der Waals surface area (Å²) in [6.07, 6.45) is 11.4. The van der Waals surface area contributed by atoms with Crippen LogP contribution in [0, 0.1) is 6.92 Å². The van der Waals surface area contributed by atoms with E-state index in [4.69, 9.17) is 0 Å². The molecule has 0 aliphatic carbocycles. The molecule has 0 saturated heterocycles. The Bertz CT molecular complexity index is 434. The molecule has 2 nitrogen and oxygen atoms in total. The van der Waals surface area contributed by atoms with E-state index in [1.807, 2.05) is 37.6 Å². The SMILES string of the molecule is C=C/C=C\c1[nH]c(/C=C\NC)c(C)c1C=C. The summed E-state index contributed by atoms with van der Waals surface area (Å²) < 4.78 is 0. The number of H-pyrrole nitrogens is 1. The number of nitrogens with one attached hydrogen (secondary N) is 2. The third-order valence-corrected chi connectivity index (χ3v) is 2.39. The number of hydrogen-bond acceptors (Lipinski definition) is 1. The van der Waals surface area contributed by atoms with E-state index in [0.29, 0.717) is 0 Å². The van der Waals surface area contributed by atoms with Crippen LogP contribution < -0.4 is 5.32 Å². The van der Waals surface area contributed by atoms with E-state index in [0.717, 1.165) is 17.0 Å². The topological polar surface area (TPSA) is 27.8 Å². The molecular formula is C14H18N2. The van der Waals surface area contributed by atoms with Crippen LogP contribution in [0.5, 0.6) is 0 Å². The fourth-order valence-electron chi connectivity index (χ4n) is 1.55. The Balaban J connectivity index is 3.19. The van der Waals surface area contributed by atoms with Crippen LogP contribution in [0.25, 0.3) is 18.2 Å². The zero-order chi connectivity index (χ0) is 12.0. The summed E-state index contributed by atoms with van der Waals surface area (Å²) in [7, 11) is 1.88. The fourth-order valence-corrected chi connectivity index (χ4v) is 1.55.